The molecule has 4 nitrogen and oxygen atoms in total. The van der Waals surface area contributed by atoms with Crippen molar-refractivity contribution in [3.8, 4) is 5.75 Å². The van der Waals surface area contributed by atoms with Gasteiger partial charge in [0.25, 0.3) is 0 Å². The molecule has 3 aromatic carbocycles. The van der Waals surface area contributed by atoms with Crippen molar-refractivity contribution in [1.29, 1.82) is 0 Å². The van der Waals surface area contributed by atoms with Gasteiger partial charge in [0.2, 0.25) is 0 Å². The smallest absolute Gasteiger partial charge is 0.341 e. The third-order valence-electron chi connectivity index (χ3n) is 6.29. The molecule has 182 valence electrons. The average Bonchev–Trinajstić information content (AvgIpc) is 2.82. The van der Waals surface area contributed by atoms with Crippen molar-refractivity contribution in [2.75, 3.05) is 6.61 Å². The van der Waals surface area contributed by atoms with Crippen LogP contribution in [0.1, 0.15) is 48.2 Å². The van der Waals surface area contributed by atoms with Crippen molar-refractivity contribution in [3.05, 3.63) is 112 Å². The molecule has 35 heavy (non-hydrogen) atoms. The van der Waals surface area contributed by atoms with Gasteiger partial charge in [-0.2, -0.15) is 0 Å². The van der Waals surface area contributed by atoms with Crippen LogP contribution >= 0.6 is 11.6 Å². The van der Waals surface area contributed by atoms with Crippen molar-refractivity contribution >= 4 is 17.6 Å². The lowest BCUT2D eigenvalue weighted by atomic mass is 9.74. The molecule has 3 aromatic rings. The molecule has 1 fully saturated rings. The van der Waals surface area contributed by atoms with Crippen LogP contribution in [0, 0.1) is 17.6 Å². The van der Waals surface area contributed by atoms with Crippen LogP contribution in [0.4, 0.5) is 8.78 Å². The Morgan fingerprint density at radius 1 is 1.09 bits per heavy atom. The summed E-state index contributed by atoms with van der Waals surface area (Å²) in [6, 6.07) is 18.0. The highest BCUT2D eigenvalue weighted by molar-refractivity contribution is 6.31. The first-order valence-electron chi connectivity index (χ1n) is 11.2. The zero-order valence-electron chi connectivity index (χ0n) is 19.1. The van der Waals surface area contributed by atoms with Crippen LogP contribution in [0.25, 0.3) is 0 Å². The number of hydrogen-bond donors (Lipinski definition) is 1. The number of ether oxygens (including phenoxy) is 2. The summed E-state index contributed by atoms with van der Waals surface area (Å²) < 4.78 is 41.0. The van der Waals surface area contributed by atoms with Crippen LogP contribution in [0.15, 0.2) is 78.9 Å². The summed E-state index contributed by atoms with van der Waals surface area (Å²) in [7, 11) is 0. The Balaban J connectivity index is 1.83. The van der Waals surface area contributed by atoms with E-state index in [9.17, 15) is 13.6 Å². The van der Waals surface area contributed by atoms with Gasteiger partial charge in [0.15, 0.2) is 18.2 Å². The average molecular weight is 499 g/mol. The molecule has 1 saturated heterocycles. The van der Waals surface area contributed by atoms with Crippen molar-refractivity contribution in [2.24, 2.45) is 5.92 Å². The number of aliphatic carboxylic acids is 1. The molecular weight excluding hydrogens is 474 g/mol. The standard InChI is InChI=1S/C28H25ClF2O4/c1-16(2)21-14-22(19-9-3-4-11-23(19)29)26(17-7-5-8-18(30)13-17)35-27(21)20-10-6-12-24(31)28(20)34-15-25(32)33/h3-13,21-22,26-27H,1,14-15H2,2H3,(H,32,33)/t21-,22-,26+,27-/m1/s1. The molecule has 1 N–H and O–H groups in total. The van der Waals surface area contributed by atoms with Crippen molar-refractivity contribution in [3.63, 3.8) is 0 Å². The number of carbonyl (C=O) groups is 1. The van der Waals surface area contributed by atoms with E-state index < -0.39 is 36.4 Å². The van der Waals surface area contributed by atoms with E-state index in [1.807, 2.05) is 25.1 Å². The summed E-state index contributed by atoms with van der Waals surface area (Å²) >= 11 is 6.56. The van der Waals surface area contributed by atoms with E-state index in [1.165, 1.54) is 24.3 Å². The van der Waals surface area contributed by atoms with Gasteiger partial charge in [-0.05, 0) is 48.7 Å². The molecule has 1 heterocycles. The molecule has 7 heteroatoms. The van der Waals surface area contributed by atoms with Gasteiger partial charge in [0, 0.05) is 22.4 Å². The maximum atomic E-state index is 14.8. The number of carboxylic acids is 1. The normalized spacial score (nSPS) is 21.9. The van der Waals surface area contributed by atoms with Gasteiger partial charge in [-0.15, -0.1) is 0 Å². The van der Waals surface area contributed by atoms with Gasteiger partial charge in [-0.3, -0.25) is 0 Å². The molecule has 0 spiro atoms. The van der Waals surface area contributed by atoms with Crippen LogP contribution in [-0.2, 0) is 9.53 Å². The van der Waals surface area contributed by atoms with Crippen LogP contribution in [0.3, 0.4) is 0 Å². The number of para-hydroxylation sites is 1. The van der Waals surface area contributed by atoms with Crippen molar-refractivity contribution in [1.82, 2.24) is 0 Å². The minimum Gasteiger partial charge on any atom is -0.479 e. The molecule has 0 saturated carbocycles. The predicted molar refractivity (Wildman–Crippen MR) is 130 cm³/mol. The topological polar surface area (TPSA) is 55.8 Å². The van der Waals surface area contributed by atoms with Gasteiger partial charge in [0.05, 0.1) is 12.2 Å². The second-order valence-electron chi connectivity index (χ2n) is 8.69. The van der Waals surface area contributed by atoms with Gasteiger partial charge < -0.3 is 14.6 Å². The molecule has 4 atom stereocenters. The highest BCUT2D eigenvalue weighted by atomic mass is 35.5. The zero-order valence-corrected chi connectivity index (χ0v) is 19.8. The third kappa shape index (κ3) is 5.39. The summed E-state index contributed by atoms with van der Waals surface area (Å²) in [5, 5.41) is 9.64. The van der Waals surface area contributed by atoms with Gasteiger partial charge in [-0.1, -0.05) is 66.2 Å². The van der Waals surface area contributed by atoms with Crippen LogP contribution < -0.4 is 4.74 Å². The third-order valence-corrected chi connectivity index (χ3v) is 6.64. The van der Waals surface area contributed by atoms with Gasteiger partial charge >= 0.3 is 5.97 Å². The molecule has 0 amide bonds. The molecule has 0 unspecified atom stereocenters. The molecule has 1 aliphatic heterocycles. The van der Waals surface area contributed by atoms with Crippen molar-refractivity contribution in [2.45, 2.75) is 31.5 Å². The molecule has 0 aromatic heterocycles. The quantitative estimate of drug-likeness (QED) is 0.348. The summed E-state index contributed by atoms with van der Waals surface area (Å²) in [6.45, 7) is 5.31. The minimum absolute atomic E-state index is 0.180. The number of benzene rings is 3. The lowest BCUT2D eigenvalue weighted by Gasteiger charge is -2.43. The van der Waals surface area contributed by atoms with Crippen molar-refractivity contribution < 1.29 is 28.2 Å². The molecule has 0 aliphatic carbocycles. The fraction of sp³-hybridized carbons (Fsp3) is 0.250. The first-order valence-corrected chi connectivity index (χ1v) is 11.6. The summed E-state index contributed by atoms with van der Waals surface area (Å²) in [5.41, 5.74) is 2.65. The Hall–Kier alpha value is -3.22. The Bertz CT molecular complexity index is 1250. The molecule has 0 bridgehead atoms. The maximum absolute atomic E-state index is 14.8. The predicted octanol–water partition coefficient (Wildman–Crippen LogP) is 7.26. The van der Waals surface area contributed by atoms with Crippen LogP contribution in [0.5, 0.6) is 5.75 Å². The van der Waals surface area contributed by atoms with Crippen LogP contribution in [0.2, 0.25) is 5.02 Å². The SMILES string of the molecule is C=C(C)[C@H]1C[C@H](c2ccccc2Cl)[C@H](c2cccc(F)c2)O[C@@H]1c1cccc(F)c1OCC(=O)O. The van der Waals surface area contributed by atoms with E-state index in [0.717, 1.165) is 11.1 Å². The Morgan fingerprint density at radius 2 is 1.80 bits per heavy atom. The largest absolute Gasteiger partial charge is 0.479 e. The van der Waals surface area contributed by atoms with E-state index in [4.69, 9.17) is 26.2 Å². The second kappa shape index (κ2) is 10.6. The first kappa shape index (κ1) is 24.9. The molecular formula is C28H25ClF2O4. The van der Waals surface area contributed by atoms with E-state index in [0.29, 0.717) is 22.6 Å². The Kier molecular flexibility index (Phi) is 7.53. The summed E-state index contributed by atoms with van der Waals surface area (Å²) in [4.78, 5) is 11.1. The van der Waals surface area contributed by atoms with E-state index in [-0.39, 0.29) is 17.6 Å². The highest BCUT2D eigenvalue weighted by Crippen LogP contribution is 2.54. The number of halogens is 3. The molecule has 1 aliphatic rings. The van der Waals surface area contributed by atoms with E-state index >= 15 is 0 Å². The lowest BCUT2D eigenvalue weighted by molar-refractivity contribution is -0.139. The summed E-state index contributed by atoms with van der Waals surface area (Å²) in [5.74, 6) is -3.01. The summed E-state index contributed by atoms with van der Waals surface area (Å²) in [6.07, 6.45) is -0.777. The lowest BCUT2D eigenvalue weighted by Crippen LogP contribution is -2.32. The maximum Gasteiger partial charge on any atom is 0.341 e. The van der Waals surface area contributed by atoms with Gasteiger partial charge in [0.1, 0.15) is 5.82 Å². The monoisotopic (exact) mass is 498 g/mol. The zero-order chi connectivity index (χ0) is 25.1. The van der Waals surface area contributed by atoms with E-state index in [2.05, 4.69) is 6.58 Å². The number of carboxylic acid groups (broad SMARTS) is 1. The van der Waals surface area contributed by atoms with Gasteiger partial charge in [-0.25, -0.2) is 13.6 Å². The van der Waals surface area contributed by atoms with Crippen LogP contribution in [-0.4, -0.2) is 17.7 Å². The minimum atomic E-state index is -1.23. The fourth-order valence-electron chi connectivity index (χ4n) is 4.71. The molecule has 0 radical (unpaired) electrons. The van der Waals surface area contributed by atoms with E-state index in [1.54, 1.807) is 24.3 Å². The Labute approximate surface area is 207 Å². The number of rotatable bonds is 7. The first-order chi connectivity index (χ1) is 16.8. The Morgan fingerprint density at radius 3 is 2.49 bits per heavy atom. The number of hydrogen-bond acceptors (Lipinski definition) is 3. The fourth-order valence-corrected chi connectivity index (χ4v) is 4.99. The highest BCUT2D eigenvalue weighted by Gasteiger charge is 2.42. The second-order valence-corrected chi connectivity index (χ2v) is 9.10. The molecule has 4 rings (SSSR count).